The van der Waals surface area contributed by atoms with Crippen LogP contribution in [0.25, 0.3) is 10.2 Å². The Balaban J connectivity index is 1.21. The molecule has 0 atom stereocenters. The first-order valence-corrected chi connectivity index (χ1v) is 12.9. The van der Waals surface area contributed by atoms with Gasteiger partial charge in [0, 0.05) is 38.4 Å². The maximum atomic E-state index is 12.6. The number of nitrogens with zero attached hydrogens (tertiary/aromatic N) is 3. The second kappa shape index (κ2) is 10.9. The lowest BCUT2D eigenvalue weighted by Gasteiger charge is -2.34. The van der Waals surface area contributed by atoms with Crippen molar-refractivity contribution in [2.45, 2.75) is 25.5 Å². The van der Waals surface area contributed by atoms with Crippen molar-refractivity contribution in [1.82, 2.24) is 9.88 Å². The zero-order chi connectivity index (χ0) is 21.5. The largest absolute Gasteiger partial charge is 0.492 e. The fraction of sp³-hybridized carbons (Fsp3) is 0.417. The van der Waals surface area contributed by atoms with Crippen LogP contribution >= 0.6 is 23.1 Å². The van der Waals surface area contributed by atoms with E-state index in [9.17, 15) is 4.79 Å². The van der Waals surface area contributed by atoms with Gasteiger partial charge in [0.1, 0.15) is 11.3 Å². The number of hydrogen-bond donors (Lipinski definition) is 0. The average Bonchev–Trinajstić information content (AvgIpc) is 3.25. The molecule has 0 radical (unpaired) electrons. The van der Waals surface area contributed by atoms with Gasteiger partial charge in [0.2, 0.25) is 5.91 Å². The van der Waals surface area contributed by atoms with Gasteiger partial charge in [-0.05, 0) is 36.8 Å². The summed E-state index contributed by atoms with van der Waals surface area (Å²) in [5, 5.41) is 1.02. The lowest BCUT2D eigenvalue weighted by molar-refractivity contribution is -0.131. The summed E-state index contributed by atoms with van der Waals surface area (Å²) in [6, 6.07) is 16.6. The molecule has 7 heteroatoms. The van der Waals surface area contributed by atoms with Crippen molar-refractivity contribution < 1.29 is 9.53 Å². The molecule has 1 aliphatic heterocycles. The third-order valence-electron chi connectivity index (χ3n) is 5.36. The predicted octanol–water partition coefficient (Wildman–Crippen LogP) is 5.06. The number of para-hydroxylation sites is 1. The number of ether oxygens (including phenoxy) is 1. The Kier molecular flexibility index (Phi) is 7.70. The maximum Gasteiger partial charge on any atom is 0.222 e. The molecule has 0 aliphatic carbocycles. The van der Waals surface area contributed by atoms with Crippen LogP contribution in [0.1, 0.15) is 25.3 Å². The lowest BCUT2D eigenvalue weighted by Crippen LogP contribution is -2.48. The van der Waals surface area contributed by atoms with Crippen molar-refractivity contribution in [1.29, 1.82) is 0 Å². The molecule has 4 rings (SSSR count). The number of benzene rings is 2. The van der Waals surface area contributed by atoms with Crippen molar-refractivity contribution in [2.75, 3.05) is 43.4 Å². The van der Waals surface area contributed by atoms with Crippen LogP contribution in [0.15, 0.2) is 48.5 Å². The van der Waals surface area contributed by atoms with Crippen molar-refractivity contribution in [3.63, 3.8) is 0 Å². The number of carbonyl (C=O) groups is 1. The highest BCUT2D eigenvalue weighted by molar-refractivity contribution is 7.98. The smallest absolute Gasteiger partial charge is 0.222 e. The molecule has 2 aromatic carbocycles. The summed E-state index contributed by atoms with van der Waals surface area (Å²) < 4.78 is 6.87. The SMILES string of the molecule is CCOc1cccc2sc(N3CCN(C(=O)CCCSCc4ccccc4)CC3)nc12. The molecule has 2 heterocycles. The second-order valence-electron chi connectivity index (χ2n) is 7.54. The summed E-state index contributed by atoms with van der Waals surface area (Å²) in [5.74, 6) is 3.17. The zero-order valence-electron chi connectivity index (χ0n) is 18.0. The van der Waals surface area contributed by atoms with Gasteiger partial charge in [-0.15, -0.1) is 0 Å². The summed E-state index contributed by atoms with van der Waals surface area (Å²) in [6.45, 7) is 5.83. The fourth-order valence-electron chi connectivity index (χ4n) is 3.71. The second-order valence-corrected chi connectivity index (χ2v) is 9.66. The quantitative estimate of drug-likeness (QED) is 0.422. The van der Waals surface area contributed by atoms with Gasteiger partial charge in [-0.25, -0.2) is 4.98 Å². The van der Waals surface area contributed by atoms with Gasteiger partial charge in [-0.3, -0.25) is 4.79 Å². The molecule has 1 saturated heterocycles. The van der Waals surface area contributed by atoms with Gasteiger partial charge in [0.15, 0.2) is 5.13 Å². The highest BCUT2D eigenvalue weighted by atomic mass is 32.2. The van der Waals surface area contributed by atoms with E-state index in [0.29, 0.717) is 13.0 Å². The Labute approximate surface area is 192 Å². The summed E-state index contributed by atoms with van der Waals surface area (Å²) in [5.41, 5.74) is 2.29. The van der Waals surface area contributed by atoms with Gasteiger partial charge in [-0.1, -0.05) is 47.7 Å². The highest BCUT2D eigenvalue weighted by Gasteiger charge is 2.23. The number of hydrogen-bond acceptors (Lipinski definition) is 6. The van der Waals surface area contributed by atoms with E-state index in [0.717, 1.165) is 65.2 Å². The number of fused-ring (bicyclic) bond motifs is 1. The molecule has 1 amide bonds. The third kappa shape index (κ3) is 5.71. The molecule has 0 unspecified atom stereocenters. The number of thioether (sulfide) groups is 1. The minimum absolute atomic E-state index is 0.280. The van der Waals surface area contributed by atoms with Gasteiger partial charge in [0.25, 0.3) is 0 Å². The minimum atomic E-state index is 0.280. The molecule has 0 N–H and O–H groups in total. The van der Waals surface area contributed by atoms with E-state index in [1.807, 2.05) is 41.8 Å². The number of aromatic nitrogens is 1. The van der Waals surface area contributed by atoms with E-state index < -0.39 is 0 Å². The summed E-state index contributed by atoms with van der Waals surface area (Å²) in [4.78, 5) is 21.7. The van der Waals surface area contributed by atoms with Crippen LogP contribution in [-0.4, -0.2) is 54.3 Å². The number of piperazine rings is 1. The van der Waals surface area contributed by atoms with Crippen LogP contribution in [0.2, 0.25) is 0 Å². The van der Waals surface area contributed by atoms with E-state index in [-0.39, 0.29) is 5.91 Å². The Morgan fingerprint density at radius 2 is 1.90 bits per heavy atom. The number of anilines is 1. The Morgan fingerprint density at radius 3 is 2.68 bits per heavy atom. The Morgan fingerprint density at radius 1 is 1.10 bits per heavy atom. The van der Waals surface area contributed by atoms with Gasteiger partial charge in [-0.2, -0.15) is 11.8 Å². The monoisotopic (exact) mass is 455 g/mol. The topological polar surface area (TPSA) is 45.7 Å². The summed E-state index contributed by atoms with van der Waals surface area (Å²) in [7, 11) is 0. The molecule has 0 saturated carbocycles. The number of thiazole rings is 1. The van der Waals surface area contributed by atoms with Crippen molar-refractivity contribution >= 4 is 44.4 Å². The van der Waals surface area contributed by atoms with Crippen LogP contribution in [0.5, 0.6) is 5.75 Å². The highest BCUT2D eigenvalue weighted by Crippen LogP contribution is 2.34. The summed E-state index contributed by atoms with van der Waals surface area (Å²) in [6.07, 6.45) is 1.58. The molecule has 1 fully saturated rings. The van der Waals surface area contributed by atoms with E-state index in [1.54, 1.807) is 11.3 Å². The molecular weight excluding hydrogens is 426 g/mol. The predicted molar refractivity (Wildman–Crippen MR) is 131 cm³/mol. The van der Waals surface area contributed by atoms with Crippen LogP contribution in [0, 0.1) is 0 Å². The number of rotatable bonds is 9. The van der Waals surface area contributed by atoms with Crippen LogP contribution in [0.4, 0.5) is 5.13 Å². The molecule has 1 aromatic heterocycles. The van der Waals surface area contributed by atoms with E-state index >= 15 is 0 Å². The van der Waals surface area contributed by atoms with Gasteiger partial charge >= 0.3 is 0 Å². The number of carbonyl (C=O) groups excluding carboxylic acids is 1. The molecule has 3 aromatic rings. The van der Waals surface area contributed by atoms with E-state index in [4.69, 9.17) is 9.72 Å². The first kappa shape index (κ1) is 22.0. The van der Waals surface area contributed by atoms with E-state index in [1.165, 1.54) is 5.56 Å². The molecular formula is C24H29N3O2S2. The first-order valence-electron chi connectivity index (χ1n) is 10.9. The average molecular weight is 456 g/mol. The molecule has 0 bridgehead atoms. The van der Waals surface area contributed by atoms with Gasteiger partial charge < -0.3 is 14.5 Å². The summed E-state index contributed by atoms with van der Waals surface area (Å²) >= 11 is 3.60. The standard InChI is InChI=1S/C24H29N3O2S2/c1-2-29-20-10-6-11-21-23(20)25-24(31-21)27-15-13-26(14-16-27)22(28)12-7-17-30-18-19-8-4-3-5-9-19/h3-6,8-11H,2,7,12-18H2,1H3. The van der Waals surface area contributed by atoms with Crippen LogP contribution < -0.4 is 9.64 Å². The van der Waals surface area contributed by atoms with Crippen molar-refractivity contribution in [3.05, 3.63) is 54.1 Å². The Hall–Kier alpha value is -2.25. The Bertz CT molecular complexity index is 985. The van der Waals surface area contributed by atoms with Crippen LogP contribution in [-0.2, 0) is 10.5 Å². The van der Waals surface area contributed by atoms with Crippen molar-refractivity contribution in [3.8, 4) is 5.75 Å². The van der Waals surface area contributed by atoms with Crippen LogP contribution in [0.3, 0.4) is 0 Å². The number of amides is 1. The fourth-order valence-corrected chi connectivity index (χ4v) is 5.67. The zero-order valence-corrected chi connectivity index (χ0v) is 19.6. The van der Waals surface area contributed by atoms with Gasteiger partial charge in [0.05, 0.1) is 11.3 Å². The third-order valence-corrected chi connectivity index (χ3v) is 7.56. The first-order chi connectivity index (χ1) is 15.2. The molecule has 31 heavy (non-hydrogen) atoms. The molecule has 5 nitrogen and oxygen atoms in total. The lowest BCUT2D eigenvalue weighted by atomic mass is 10.2. The normalized spacial score (nSPS) is 14.2. The van der Waals surface area contributed by atoms with E-state index in [2.05, 4.69) is 35.2 Å². The molecule has 1 aliphatic rings. The maximum absolute atomic E-state index is 12.6. The molecule has 0 spiro atoms. The minimum Gasteiger partial charge on any atom is -0.492 e. The van der Waals surface area contributed by atoms with Crippen molar-refractivity contribution in [2.24, 2.45) is 0 Å². The molecule has 164 valence electrons.